The fourth-order valence-electron chi connectivity index (χ4n) is 3.05. The molecule has 1 heterocycles. The topological polar surface area (TPSA) is 51.0 Å². The van der Waals surface area contributed by atoms with Crippen molar-refractivity contribution in [3.05, 3.63) is 11.7 Å². The van der Waals surface area contributed by atoms with Gasteiger partial charge >= 0.3 is 0 Å². The largest absolute Gasteiger partial charge is 0.339 e. The van der Waals surface area contributed by atoms with Crippen LogP contribution in [0.3, 0.4) is 0 Å². The van der Waals surface area contributed by atoms with Gasteiger partial charge in [-0.2, -0.15) is 4.98 Å². The van der Waals surface area contributed by atoms with E-state index in [1.54, 1.807) is 0 Å². The van der Waals surface area contributed by atoms with E-state index in [0.29, 0.717) is 12.0 Å². The predicted octanol–water partition coefficient (Wildman–Crippen LogP) is 3.54. The third kappa shape index (κ3) is 3.81. The zero-order valence-electron chi connectivity index (χ0n) is 13.6. The zero-order chi connectivity index (χ0) is 14.8. The zero-order valence-corrected chi connectivity index (χ0v) is 13.6. The molecule has 0 amide bonds. The van der Waals surface area contributed by atoms with Crippen LogP contribution in [0, 0.1) is 11.3 Å². The van der Waals surface area contributed by atoms with Crippen LogP contribution in [-0.4, -0.2) is 23.2 Å². The molecule has 0 saturated heterocycles. The second-order valence-corrected chi connectivity index (χ2v) is 7.41. The number of nitrogens with zero attached hydrogens (tertiary/aromatic N) is 2. The second kappa shape index (κ2) is 6.25. The summed E-state index contributed by atoms with van der Waals surface area (Å²) in [5, 5.41) is 7.58. The lowest BCUT2D eigenvalue weighted by atomic mass is 9.82. The van der Waals surface area contributed by atoms with Gasteiger partial charge in [0.2, 0.25) is 5.89 Å². The predicted molar refractivity (Wildman–Crippen MR) is 80.7 cm³/mol. The van der Waals surface area contributed by atoms with Crippen molar-refractivity contribution in [2.45, 2.75) is 71.8 Å². The lowest BCUT2D eigenvalue weighted by Crippen LogP contribution is -2.39. The van der Waals surface area contributed by atoms with Crippen LogP contribution in [0.15, 0.2) is 4.52 Å². The van der Waals surface area contributed by atoms with E-state index in [2.05, 4.69) is 43.2 Å². The molecule has 4 heteroatoms. The molecule has 1 unspecified atom stereocenters. The first-order valence-electron chi connectivity index (χ1n) is 7.90. The van der Waals surface area contributed by atoms with Crippen LogP contribution < -0.4 is 5.32 Å². The Hall–Kier alpha value is -0.900. The summed E-state index contributed by atoms with van der Waals surface area (Å²) in [6, 6.07) is 0.349. The Balaban J connectivity index is 1.98. The smallest absolute Gasteiger partial charge is 0.228 e. The van der Waals surface area contributed by atoms with Gasteiger partial charge in [0.15, 0.2) is 5.82 Å². The van der Waals surface area contributed by atoms with Crippen molar-refractivity contribution in [1.29, 1.82) is 0 Å². The molecule has 1 aliphatic rings. The molecule has 1 N–H and O–H groups in total. The van der Waals surface area contributed by atoms with E-state index in [4.69, 9.17) is 4.52 Å². The molecular formula is C16H29N3O. The molecule has 4 nitrogen and oxygen atoms in total. The molecule has 0 radical (unpaired) electrons. The average molecular weight is 279 g/mol. The number of aromatic nitrogens is 2. The van der Waals surface area contributed by atoms with E-state index in [-0.39, 0.29) is 5.41 Å². The van der Waals surface area contributed by atoms with Gasteiger partial charge in [-0.3, -0.25) is 0 Å². The maximum atomic E-state index is 5.47. The lowest BCUT2D eigenvalue weighted by Gasteiger charge is -2.29. The number of hydrogen-bond donors (Lipinski definition) is 1. The highest BCUT2D eigenvalue weighted by atomic mass is 16.5. The van der Waals surface area contributed by atoms with E-state index in [0.717, 1.165) is 24.1 Å². The number of likely N-dealkylation sites (N-methyl/N-ethyl adjacent to an activating group) is 1. The minimum Gasteiger partial charge on any atom is -0.339 e. The first-order chi connectivity index (χ1) is 9.40. The van der Waals surface area contributed by atoms with Crippen LogP contribution in [0.2, 0.25) is 0 Å². The molecule has 114 valence electrons. The normalized spacial score (nSPS) is 25.6. The Bertz CT molecular complexity index is 414. The quantitative estimate of drug-likeness (QED) is 0.916. The highest BCUT2D eigenvalue weighted by molar-refractivity contribution is 4.99. The van der Waals surface area contributed by atoms with Crippen LogP contribution >= 0.6 is 0 Å². The van der Waals surface area contributed by atoms with Crippen LogP contribution in [0.5, 0.6) is 0 Å². The number of nitrogens with one attached hydrogen (secondary N) is 1. The standard InChI is InChI=1S/C16H29N3O/c1-11-6-8-12(9-7-11)15-18-14(20-19-15)10-13(17-5)16(2,3)4/h11-13,17H,6-10H2,1-5H3. The summed E-state index contributed by atoms with van der Waals surface area (Å²) in [4.78, 5) is 4.64. The van der Waals surface area contributed by atoms with Gasteiger partial charge in [-0.25, -0.2) is 0 Å². The third-order valence-electron chi connectivity index (χ3n) is 4.64. The van der Waals surface area contributed by atoms with E-state index in [9.17, 15) is 0 Å². The lowest BCUT2D eigenvalue weighted by molar-refractivity contribution is 0.254. The molecule has 0 bridgehead atoms. The summed E-state index contributed by atoms with van der Waals surface area (Å²) in [7, 11) is 2.00. The van der Waals surface area contributed by atoms with Crippen LogP contribution in [0.25, 0.3) is 0 Å². The molecule has 2 rings (SSSR count). The van der Waals surface area contributed by atoms with Gasteiger partial charge in [-0.05, 0) is 31.2 Å². The van der Waals surface area contributed by atoms with E-state index in [1.807, 2.05) is 7.05 Å². The minimum absolute atomic E-state index is 0.184. The van der Waals surface area contributed by atoms with Gasteiger partial charge in [0.05, 0.1) is 0 Å². The molecule has 1 aliphatic carbocycles. The van der Waals surface area contributed by atoms with Gasteiger partial charge < -0.3 is 9.84 Å². The monoisotopic (exact) mass is 279 g/mol. The van der Waals surface area contributed by atoms with Gasteiger partial charge in [-0.1, -0.05) is 45.7 Å². The molecule has 20 heavy (non-hydrogen) atoms. The molecule has 1 saturated carbocycles. The van der Waals surface area contributed by atoms with Crippen molar-refractivity contribution in [2.24, 2.45) is 11.3 Å². The number of rotatable bonds is 4. The summed E-state index contributed by atoms with van der Waals surface area (Å²) < 4.78 is 5.47. The fourth-order valence-corrected chi connectivity index (χ4v) is 3.05. The molecule has 1 fully saturated rings. The molecule has 0 spiro atoms. The summed E-state index contributed by atoms with van der Waals surface area (Å²) in [6.45, 7) is 9.02. The SMILES string of the molecule is CNC(Cc1nc(C2CCC(C)CC2)no1)C(C)(C)C. The van der Waals surface area contributed by atoms with Gasteiger partial charge in [0, 0.05) is 18.4 Å². The van der Waals surface area contributed by atoms with E-state index >= 15 is 0 Å². The second-order valence-electron chi connectivity index (χ2n) is 7.41. The Morgan fingerprint density at radius 3 is 2.45 bits per heavy atom. The van der Waals surface area contributed by atoms with Crippen molar-refractivity contribution < 1.29 is 4.52 Å². The van der Waals surface area contributed by atoms with Gasteiger partial charge in [0.25, 0.3) is 0 Å². The van der Waals surface area contributed by atoms with E-state index < -0.39 is 0 Å². The Morgan fingerprint density at radius 1 is 1.25 bits per heavy atom. The average Bonchev–Trinajstić information content (AvgIpc) is 2.84. The van der Waals surface area contributed by atoms with Crippen molar-refractivity contribution in [2.75, 3.05) is 7.05 Å². The van der Waals surface area contributed by atoms with Crippen LogP contribution in [0.4, 0.5) is 0 Å². The molecule has 0 aromatic carbocycles. The van der Waals surface area contributed by atoms with Gasteiger partial charge in [-0.15, -0.1) is 0 Å². The molecule has 1 aromatic rings. The Labute approximate surface area is 122 Å². The molecule has 1 atom stereocenters. The summed E-state index contributed by atoms with van der Waals surface area (Å²) in [5.74, 6) is 3.06. The summed E-state index contributed by atoms with van der Waals surface area (Å²) in [6.07, 6.45) is 5.78. The fraction of sp³-hybridized carbons (Fsp3) is 0.875. The highest BCUT2D eigenvalue weighted by Gasteiger charge is 2.27. The summed E-state index contributed by atoms with van der Waals surface area (Å²) in [5.41, 5.74) is 0.184. The van der Waals surface area contributed by atoms with Gasteiger partial charge in [0.1, 0.15) is 0 Å². The highest BCUT2D eigenvalue weighted by Crippen LogP contribution is 2.34. The maximum absolute atomic E-state index is 5.47. The van der Waals surface area contributed by atoms with Crippen LogP contribution in [0.1, 0.15) is 71.0 Å². The maximum Gasteiger partial charge on any atom is 0.228 e. The first kappa shape index (κ1) is 15.5. The van der Waals surface area contributed by atoms with Crippen LogP contribution in [-0.2, 0) is 6.42 Å². The molecular weight excluding hydrogens is 250 g/mol. The van der Waals surface area contributed by atoms with Crippen molar-refractivity contribution in [3.8, 4) is 0 Å². The first-order valence-corrected chi connectivity index (χ1v) is 7.90. The Kier molecular flexibility index (Phi) is 4.84. The van der Waals surface area contributed by atoms with Crippen molar-refractivity contribution in [1.82, 2.24) is 15.5 Å². The minimum atomic E-state index is 0.184. The Morgan fingerprint density at radius 2 is 1.90 bits per heavy atom. The van der Waals surface area contributed by atoms with Crippen molar-refractivity contribution >= 4 is 0 Å². The van der Waals surface area contributed by atoms with E-state index in [1.165, 1.54) is 25.7 Å². The molecule has 0 aliphatic heterocycles. The number of hydrogen-bond acceptors (Lipinski definition) is 4. The summed E-state index contributed by atoms with van der Waals surface area (Å²) >= 11 is 0. The van der Waals surface area contributed by atoms with Crippen molar-refractivity contribution in [3.63, 3.8) is 0 Å². The third-order valence-corrected chi connectivity index (χ3v) is 4.64. The molecule has 1 aromatic heterocycles.